The van der Waals surface area contributed by atoms with E-state index in [2.05, 4.69) is 26.6 Å². The van der Waals surface area contributed by atoms with E-state index in [9.17, 15) is 9.59 Å². The van der Waals surface area contributed by atoms with Crippen molar-refractivity contribution in [2.24, 2.45) is 0 Å². The van der Waals surface area contributed by atoms with Crippen molar-refractivity contribution in [3.05, 3.63) is 64.6 Å². The Balaban J connectivity index is 1.97. The second-order valence-corrected chi connectivity index (χ2v) is 5.39. The number of hydrogen-bond acceptors (Lipinski definition) is 2. The first-order valence-electron chi connectivity index (χ1n) is 6.49. The highest BCUT2D eigenvalue weighted by molar-refractivity contribution is 9.10. The fraction of sp³-hybridized carbons (Fsp3) is 0.125. The average molecular weight is 347 g/mol. The van der Waals surface area contributed by atoms with Crippen molar-refractivity contribution in [3.63, 3.8) is 0 Å². The first kappa shape index (κ1) is 15.3. The van der Waals surface area contributed by atoms with Crippen molar-refractivity contribution in [1.82, 2.24) is 5.32 Å². The minimum atomic E-state index is -0.690. The summed E-state index contributed by atoms with van der Waals surface area (Å²) in [6, 6.07) is 16.4. The molecule has 0 radical (unpaired) electrons. The fourth-order valence-electron chi connectivity index (χ4n) is 1.83. The van der Waals surface area contributed by atoms with Crippen LogP contribution < -0.4 is 10.6 Å². The van der Waals surface area contributed by atoms with Crippen molar-refractivity contribution >= 4 is 33.4 Å². The molecule has 0 aromatic heterocycles. The van der Waals surface area contributed by atoms with E-state index in [1.54, 1.807) is 18.2 Å². The molecule has 0 saturated heterocycles. The monoisotopic (exact) mass is 346 g/mol. The van der Waals surface area contributed by atoms with Crippen molar-refractivity contribution < 1.29 is 9.59 Å². The summed E-state index contributed by atoms with van der Waals surface area (Å²) in [5, 5.41) is 5.24. The van der Waals surface area contributed by atoms with Gasteiger partial charge < -0.3 is 10.6 Å². The Morgan fingerprint density at radius 2 is 1.57 bits per heavy atom. The molecule has 0 unspecified atom stereocenters. The lowest BCUT2D eigenvalue weighted by atomic mass is 10.1. The molecule has 2 amide bonds. The molecule has 0 spiro atoms. The highest BCUT2D eigenvalue weighted by atomic mass is 79.9. The number of carbonyl (C=O) groups excluding carboxylic acids is 2. The summed E-state index contributed by atoms with van der Waals surface area (Å²) in [5.41, 5.74) is 1.50. The molecule has 5 heteroatoms. The number of nitrogens with one attached hydrogen (secondary N) is 2. The van der Waals surface area contributed by atoms with E-state index in [4.69, 9.17) is 0 Å². The molecule has 0 heterocycles. The summed E-state index contributed by atoms with van der Waals surface area (Å²) in [7, 11) is 0. The van der Waals surface area contributed by atoms with Gasteiger partial charge in [0.1, 0.15) is 0 Å². The summed E-state index contributed by atoms with van der Waals surface area (Å²) < 4.78 is 0.724. The predicted molar refractivity (Wildman–Crippen MR) is 85.8 cm³/mol. The van der Waals surface area contributed by atoms with Crippen LogP contribution >= 0.6 is 15.9 Å². The SMILES string of the molecule is C[C@H](NC(=O)C(=O)Nc1ccccc1Br)c1ccccc1. The Morgan fingerprint density at radius 3 is 2.24 bits per heavy atom. The van der Waals surface area contributed by atoms with Crippen molar-refractivity contribution in [3.8, 4) is 0 Å². The highest BCUT2D eigenvalue weighted by Gasteiger charge is 2.17. The van der Waals surface area contributed by atoms with Gasteiger partial charge in [0.25, 0.3) is 0 Å². The molecule has 1 atom stereocenters. The molecule has 0 aliphatic rings. The lowest BCUT2D eigenvalue weighted by molar-refractivity contribution is -0.136. The number of hydrogen-bond donors (Lipinski definition) is 2. The number of amides is 2. The van der Waals surface area contributed by atoms with Crippen LogP contribution in [0.2, 0.25) is 0 Å². The van der Waals surface area contributed by atoms with E-state index in [0.29, 0.717) is 5.69 Å². The van der Waals surface area contributed by atoms with Gasteiger partial charge in [-0.2, -0.15) is 0 Å². The smallest absolute Gasteiger partial charge is 0.313 e. The molecular formula is C16H15BrN2O2. The maximum absolute atomic E-state index is 11.9. The zero-order valence-corrected chi connectivity index (χ0v) is 13.1. The molecule has 2 rings (SSSR count). The molecule has 2 aromatic carbocycles. The summed E-state index contributed by atoms with van der Waals surface area (Å²) in [5.74, 6) is -1.35. The van der Waals surface area contributed by atoms with Gasteiger partial charge in [0, 0.05) is 4.47 Å². The van der Waals surface area contributed by atoms with Gasteiger partial charge in [-0.25, -0.2) is 0 Å². The molecule has 0 aliphatic carbocycles. The molecule has 0 aliphatic heterocycles. The van der Waals surface area contributed by atoms with Crippen molar-refractivity contribution in [2.45, 2.75) is 13.0 Å². The predicted octanol–water partition coefficient (Wildman–Crippen LogP) is 3.27. The Morgan fingerprint density at radius 1 is 0.952 bits per heavy atom. The molecule has 2 aromatic rings. The average Bonchev–Trinajstić information content (AvgIpc) is 2.50. The summed E-state index contributed by atoms with van der Waals surface area (Å²) in [4.78, 5) is 23.8. The highest BCUT2D eigenvalue weighted by Crippen LogP contribution is 2.21. The van der Waals surface area contributed by atoms with Crippen molar-refractivity contribution in [1.29, 1.82) is 0 Å². The number of rotatable bonds is 3. The van der Waals surface area contributed by atoms with Crippen LogP contribution in [-0.4, -0.2) is 11.8 Å². The maximum Gasteiger partial charge on any atom is 0.313 e. The van der Waals surface area contributed by atoms with E-state index in [0.717, 1.165) is 10.0 Å². The number of para-hydroxylation sites is 1. The third-order valence-electron chi connectivity index (χ3n) is 2.98. The summed E-state index contributed by atoms with van der Waals surface area (Å²) in [6.45, 7) is 1.83. The summed E-state index contributed by atoms with van der Waals surface area (Å²) in [6.07, 6.45) is 0. The lowest BCUT2D eigenvalue weighted by Crippen LogP contribution is -2.36. The Labute approximate surface area is 131 Å². The standard InChI is InChI=1S/C16H15BrN2O2/c1-11(12-7-3-2-4-8-12)18-15(20)16(21)19-14-10-6-5-9-13(14)17/h2-11H,1H3,(H,18,20)(H,19,21)/t11-/m0/s1. The minimum Gasteiger partial charge on any atom is -0.341 e. The van der Waals surface area contributed by atoms with Gasteiger partial charge in [0.15, 0.2) is 0 Å². The Bertz CT molecular complexity index is 644. The van der Waals surface area contributed by atoms with Crippen LogP contribution in [0, 0.1) is 0 Å². The zero-order chi connectivity index (χ0) is 15.2. The topological polar surface area (TPSA) is 58.2 Å². The van der Waals surface area contributed by atoms with Crippen LogP contribution in [0.5, 0.6) is 0 Å². The second kappa shape index (κ2) is 7.04. The second-order valence-electron chi connectivity index (χ2n) is 4.54. The zero-order valence-electron chi connectivity index (χ0n) is 11.5. The number of benzene rings is 2. The van der Waals surface area contributed by atoms with Gasteiger partial charge in [0.05, 0.1) is 11.7 Å². The third-order valence-corrected chi connectivity index (χ3v) is 3.67. The van der Waals surface area contributed by atoms with Gasteiger partial charge in [-0.15, -0.1) is 0 Å². The largest absolute Gasteiger partial charge is 0.341 e. The van der Waals surface area contributed by atoms with Gasteiger partial charge in [-0.3, -0.25) is 9.59 Å². The normalized spacial score (nSPS) is 11.5. The van der Waals surface area contributed by atoms with Crippen LogP contribution in [0.3, 0.4) is 0 Å². The van der Waals surface area contributed by atoms with Gasteiger partial charge in [0.2, 0.25) is 0 Å². The minimum absolute atomic E-state index is 0.233. The Kier molecular flexibility index (Phi) is 5.11. The molecule has 0 saturated carbocycles. The van der Waals surface area contributed by atoms with E-state index >= 15 is 0 Å². The number of anilines is 1. The van der Waals surface area contributed by atoms with E-state index < -0.39 is 11.8 Å². The molecule has 2 N–H and O–H groups in total. The molecule has 0 fully saturated rings. The van der Waals surface area contributed by atoms with Crippen LogP contribution in [0.1, 0.15) is 18.5 Å². The molecule has 4 nitrogen and oxygen atoms in total. The van der Waals surface area contributed by atoms with Gasteiger partial charge in [-0.1, -0.05) is 42.5 Å². The third kappa shape index (κ3) is 4.16. The maximum atomic E-state index is 11.9. The van der Waals surface area contributed by atoms with Crippen LogP contribution in [0.25, 0.3) is 0 Å². The quantitative estimate of drug-likeness (QED) is 0.838. The van der Waals surface area contributed by atoms with E-state index in [1.807, 2.05) is 43.3 Å². The first-order valence-corrected chi connectivity index (χ1v) is 7.28. The van der Waals surface area contributed by atoms with Gasteiger partial charge in [-0.05, 0) is 40.5 Å². The van der Waals surface area contributed by atoms with Crippen molar-refractivity contribution in [2.75, 3.05) is 5.32 Å². The van der Waals surface area contributed by atoms with E-state index in [-0.39, 0.29) is 6.04 Å². The summed E-state index contributed by atoms with van der Waals surface area (Å²) >= 11 is 3.32. The Hall–Kier alpha value is -2.14. The molecule has 108 valence electrons. The van der Waals surface area contributed by atoms with Crippen LogP contribution in [0.4, 0.5) is 5.69 Å². The fourth-order valence-corrected chi connectivity index (χ4v) is 2.21. The van der Waals surface area contributed by atoms with Crippen LogP contribution in [0.15, 0.2) is 59.1 Å². The van der Waals surface area contributed by atoms with E-state index in [1.165, 1.54) is 0 Å². The molecule has 0 bridgehead atoms. The number of halogens is 1. The number of carbonyl (C=O) groups is 2. The molecule has 21 heavy (non-hydrogen) atoms. The van der Waals surface area contributed by atoms with Gasteiger partial charge >= 0.3 is 11.8 Å². The van der Waals surface area contributed by atoms with Crippen LogP contribution in [-0.2, 0) is 9.59 Å². The lowest BCUT2D eigenvalue weighted by Gasteiger charge is -2.14. The molecular weight excluding hydrogens is 332 g/mol. The first-order chi connectivity index (χ1) is 10.1.